The van der Waals surface area contributed by atoms with E-state index in [1.165, 1.54) is 86.1 Å². The first-order chi connectivity index (χ1) is 31.6. The molecule has 0 aliphatic carbocycles. The van der Waals surface area contributed by atoms with Gasteiger partial charge in [0.25, 0.3) is 0 Å². The Morgan fingerprint density at radius 2 is 1.30 bits per heavy atom. The number of aliphatic imine (C=N–C) groups is 1. The molecule has 9 aromatic carbocycles. The molecule has 2 atom stereocenters. The molecule has 306 valence electrons. The van der Waals surface area contributed by atoms with Crippen molar-refractivity contribution in [3.8, 4) is 5.69 Å². The topological polar surface area (TPSA) is 30.4 Å². The minimum absolute atomic E-state index is 0.127. The second-order valence-electron chi connectivity index (χ2n) is 17.7. The van der Waals surface area contributed by atoms with E-state index in [1.54, 1.807) is 0 Å². The molecular formula is C60H44N2OS. The SMILES string of the molecule is CCC1/C(c2cccc3sc4ccccc4c23)=N\C(c2ccccc2)=C(/C)CCC1c1cc(-n2c3ccccc3c3cc4ccccc4cc32)c2oc3c4ccccc4ccc3c2c1. The molecule has 0 spiro atoms. The van der Waals surface area contributed by atoms with Gasteiger partial charge in [-0.1, -0.05) is 140 Å². The second-order valence-corrected chi connectivity index (χ2v) is 18.8. The van der Waals surface area contributed by atoms with Gasteiger partial charge in [0.15, 0.2) is 5.58 Å². The summed E-state index contributed by atoms with van der Waals surface area (Å²) in [6, 6.07) is 67.1. The van der Waals surface area contributed by atoms with Crippen LogP contribution in [-0.4, -0.2) is 10.3 Å². The molecule has 0 saturated heterocycles. The molecule has 0 radical (unpaired) electrons. The van der Waals surface area contributed by atoms with Crippen LogP contribution in [0.3, 0.4) is 0 Å². The van der Waals surface area contributed by atoms with Gasteiger partial charge in [0, 0.05) is 64.1 Å². The third-order valence-corrected chi connectivity index (χ3v) is 15.3. The highest BCUT2D eigenvalue weighted by Crippen LogP contribution is 2.47. The number of nitrogens with zero attached hydrogens (tertiary/aromatic N) is 2. The number of benzene rings is 9. The lowest BCUT2D eigenvalue weighted by atomic mass is 9.74. The lowest BCUT2D eigenvalue weighted by molar-refractivity contribution is 0.486. The van der Waals surface area contributed by atoms with E-state index in [0.29, 0.717) is 0 Å². The average molecular weight is 841 g/mol. The Kier molecular flexibility index (Phi) is 8.54. The molecule has 3 aromatic heterocycles. The predicted molar refractivity (Wildman–Crippen MR) is 274 cm³/mol. The Bertz CT molecular complexity index is 3920. The summed E-state index contributed by atoms with van der Waals surface area (Å²) in [5.41, 5.74) is 12.6. The molecule has 0 amide bonds. The fourth-order valence-corrected chi connectivity index (χ4v) is 12.2. The minimum Gasteiger partial charge on any atom is -0.453 e. The Labute approximate surface area is 375 Å². The lowest BCUT2D eigenvalue weighted by Crippen LogP contribution is -2.25. The van der Waals surface area contributed by atoms with Gasteiger partial charge in [-0.2, -0.15) is 0 Å². The van der Waals surface area contributed by atoms with E-state index >= 15 is 0 Å². The quantitative estimate of drug-likeness (QED) is 0.170. The Balaban J connectivity index is 1.12. The predicted octanol–water partition coefficient (Wildman–Crippen LogP) is 17.2. The van der Waals surface area contributed by atoms with Gasteiger partial charge in [-0.15, -0.1) is 11.3 Å². The fraction of sp³-hybridized carbons (Fsp3) is 0.117. The summed E-state index contributed by atoms with van der Waals surface area (Å²) in [6.07, 6.45) is 2.87. The molecule has 4 heterocycles. The van der Waals surface area contributed by atoms with E-state index in [9.17, 15) is 0 Å². The van der Waals surface area contributed by atoms with Crippen LogP contribution >= 0.6 is 11.3 Å². The molecule has 2 unspecified atom stereocenters. The van der Waals surface area contributed by atoms with Gasteiger partial charge in [0.2, 0.25) is 0 Å². The molecule has 0 N–H and O–H groups in total. The van der Waals surface area contributed by atoms with Crippen molar-refractivity contribution in [2.45, 2.75) is 39.0 Å². The Morgan fingerprint density at radius 3 is 2.14 bits per heavy atom. The van der Waals surface area contributed by atoms with Gasteiger partial charge in [0.1, 0.15) is 5.58 Å². The summed E-state index contributed by atoms with van der Waals surface area (Å²) in [5.74, 6) is 0.293. The number of allylic oxidation sites excluding steroid dienone is 1. The molecule has 3 nitrogen and oxygen atoms in total. The first-order valence-electron chi connectivity index (χ1n) is 22.7. The summed E-state index contributed by atoms with van der Waals surface area (Å²) < 4.78 is 12.3. The van der Waals surface area contributed by atoms with Crippen LogP contribution in [0.5, 0.6) is 0 Å². The number of hydrogen-bond acceptors (Lipinski definition) is 3. The van der Waals surface area contributed by atoms with Gasteiger partial charge in [-0.05, 0) is 108 Å². The largest absolute Gasteiger partial charge is 0.453 e. The number of hydrogen-bond donors (Lipinski definition) is 0. The van der Waals surface area contributed by atoms with Crippen molar-refractivity contribution < 1.29 is 4.42 Å². The number of fused-ring (bicyclic) bond motifs is 12. The monoisotopic (exact) mass is 840 g/mol. The van der Waals surface area contributed by atoms with Crippen molar-refractivity contribution in [3.05, 3.63) is 204 Å². The third kappa shape index (κ3) is 5.68. The van der Waals surface area contributed by atoms with Gasteiger partial charge in [-0.25, -0.2) is 0 Å². The van der Waals surface area contributed by atoms with Crippen LogP contribution in [0.1, 0.15) is 55.7 Å². The summed E-state index contributed by atoms with van der Waals surface area (Å²) >= 11 is 1.88. The van der Waals surface area contributed by atoms with Crippen LogP contribution in [0.2, 0.25) is 0 Å². The van der Waals surface area contributed by atoms with Gasteiger partial charge < -0.3 is 8.98 Å². The zero-order chi connectivity index (χ0) is 42.5. The standard InChI is InChI=1S/C60H44N2OS/c1-3-42-43(30-28-36(2)57(38-17-5-4-6-18-38)61-58(42)48-24-15-27-55-56(48)47-23-12-14-26-54(47)64-55)41-33-50-46-31-29-37-16-9-10-21-44(37)59(46)63-60(50)53(35-41)62-51-25-13-11-22-45(51)49-32-39-19-7-8-20-40(39)34-52(49)62/h4-27,29,31-35,42-43H,3,28,30H2,1-2H3/b57-36+,61-58+. The first kappa shape index (κ1) is 37.3. The average Bonchev–Trinajstić information content (AvgIpc) is 4.02. The molecule has 13 rings (SSSR count). The zero-order valence-electron chi connectivity index (χ0n) is 35.8. The van der Waals surface area contributed by atoms with E-state index < -0.39 is 0 Å². The first-order valence-corrected chi connectivity index (χ1v) is 23.5. The van der Waals surface area contributed by atoms with E-state index in [0.717, 1.165) is 58.0 Å². The van der Waals surface area contributed by atoms with Gasteiger partial charge in [-0.3, -0.25) is 4.99 Å². The normalized spacial score (nSPS) is 18.2. The van der Waals surface area contributed by atoms with Crippen LogP contribution in [0.25, 0.3) is 96.8 Å². The number of aromatic nitrogens is 1. The highest BCUT2D eigenvalue weighted by atomic mass is 32.1. The van der Waals surface area contributed by atoms with Crippen molar-refractivity contribution in [3.63, 3.8) is 0 Å². The number of rotatable bonds is 5. The maximum atomic E-state index is 7.25. The zero-order valence-corrected chi connectivity index (χ0v) is 36.6. The van der Waals surface area contributed by atoms with Crippen LogP contribution < -0.4 is 0 Å². The number of thiophene rings is 1. The van der Waals surface area contributed by atoms with Gasteiger partial charge >= 0.3 is 0 Å². The van der Waals surface area contributed by atoms with E-state index in [2.05, 4.69) is 200 Å². The van der Waals surface area contributed by atoms with Crippen LogP contribution in [0, 0.1) is 5.92 Å². The van der Waals surface area contributed by atoms with Crippen LogP contribution in [0.4, 0.5) is 0 Å². The molecule has 0 fully saturated rings. The maximum absolute atomic E-state index is 7.25. The van der Waals surface area contributed by atoms with E-state index in [-0.39, 0.29) is 11.8 Å². The Morgan fingerprint density at radius 1 is 0.578 bits per heavy atom. The third-order valence-electron chi connectivity index (χ3n) is 14.1. The summed E-state index contributed by atoms with van der Waals surface area (Å²) in [7, 11) is 0. The number of para-hydroxylation sites is 1. The smallest absolute Gasteiger partial charge is 0.159 e. The van der Waals surface area contributed by atoms with Crippen LogP contribution in [-0.2, 0) is 0 Å². The highest BCUT2D eigenvalue weighted by Gasteiger charge is 2.33. The maximum Gasteiger partial charge on any atom is 0.159 e. The van der Waals surface area contributed by atoms with Crippen molar-refractivity contribution in [1.82, 2.24) is 4.57 Å². The summed E-state index contributed by atoms with van der Waals surface area (Å²) in [4.78, 5) is 5.92. The molecule has 0 saturated carbocycles. The van der Waals surface area contributed by atoms with Crippen molar-refractivity contribution in [1.29, 1.82) is 0 Å². The van der Waals surface area contributed by atoms with Crippen molar-refractivity contribution in [2.75, 3.05) is 0 Å². The van der Waals surface area contributed by atoms with E-state index in [4.69, 9.17) is 9.41 Å². The highest BCUT2D eigenvalue weighted by molar-refractivity contribution is 7.25. The summed E-state index contributed by atoms with van der Waals surface area (Å²) in [5, 5.41) is 12.2. The Hall–Kier alpha value is -7.27. The second kappa shape index (κ2) is 14.7. The fourth-order valence-electron chi connectivity index (χ4n) is 11.1. The van der Waals surface area contributed by atoms with Crippen molar-refractivity contribution in [2.24, 2.45) is 10.9 Å². The van der Waals surface area contributed by atoms with E-state index in [1.807, 2.05) is 11.3 Å². The molecule has 1 aliphatic heterocycles. The molecular weight excluding hydrogens is 797 g/mol. The number of furan rings is 1. The lowest BCUT2D eigenvalue weighted by Gasteiger charge is -2.32. The van der Waals surface area contributed by atoms with Crippen LogP contribution in [0.15, 0.2) is 197 Å². The molecule has 1 aliphatic rings. The summed E-state index contributed by atoms with van der Waals surface area (Å²) in [6.45, 7) is 4.68. The molecule has 4 heteroatoms. The molecule has 12 aromatic rings. The molecule has 64 heavy (non-hydrogen) atoms. The van der Waals surface area contributed by atoms with Gasteiger partial charge in [0.05, 0.1) is 28.1 Å². The minimum atomic E-state index is 0.127. The van der Waals surface area contributed by atoms with Crippen molar-refractivity contribution >= 4 is 108 Å². The molecule has 0 bridgehead atoms.